The molecule has 0 atom stereocenters. The Labute approximate surface area is 65.5 Å². The smallest absolute Gasteiger partial charge is 0.119 e. The highest BCUT2D eigenvalue weighted by atomic mass is 19.1. The summed E-state index contributed by atoms with van der Waals surface area (Å²) in [5.74, 6) is 0.178. The summed E-state index contributed by atoms with van der Waals surface area (Å²) in [5, 5.41) is 9.25. The van der Waals surface area contributed by atoms with Crippen molar-refractivity contribution in [3.05, 3.63) is 28.8 Å². The average molecular weight is 154 g/mol. The minimum absolute atomic E-state index is 0.178. The second-order valence-electron chi connectivity index (χ2n) is 2.70. The monoisotopic (exact) mass is 154 g/mol. The Morgan fingerprint density at radius 2 is 2.00 bits per heavy atom. The first-order chi connectivity index (χ1) is 5.15. The van der Waals surface area contributed by atoms with E-state index in [4.69, 9.17) is 0 Å². The topological polar surface area (TPSA) is 20.2 Å². The first-order valence-electron chi connectivity index (χ1n) is 3.50. The van der Waals surface area contributed by atoms with E-state index >= 15 is 0 Å². The molecule has 60 valence electrons. The molecule has 1 aromatic rings. The lowest BCUT2D eigenvalue weighted by molar-refractivity contribution is 0.457. The maximum absolute atomic E-state index is 12.2. The van der Waals surface area contributed by atoms with Crippen LogP contribution in [0.2, 0.25) is 0 Å². The van der Waals surface area contributed by atoms with Crippen LogP contribution < -0.4 is 0 Å². The second kappa shape index (κ2) is 2.91. The fourth-order valence-electron chi connectivity index (χ4n) is 1.05. The molecule has 1 aromatic carbocycles. The normalized spacial score (nSPS) is 10.1. The van der Waals surface area contributed by atoms with Crippen molar-refractivity contribution in [3.8, 4) is 5.75 Å². The molecule has 0 aliphatic carbocycles. The predicted octanol–water partition coefficient (Wildman–Crippen LogP) is 2.48. The van der Waals surface area contributed by atoms with Gasteiger partial charge in [-0.25, -0.2) is 4.39 Å². The van der Waals surface area contributed by atoms with E-state index in [0.717, 1.165) is 5.56 Å². The van der Waals surface area contributed by atoms with Gasteiger partial charge in [0.1, 0.15) is 12.4 Å². The highest BCUT2D eigenvalue weighted by molar-refractivity contribution is 5.41. The summed E-state index contributed by atoms with van der Waals surface area (Å²) in [4.78, 5) is 0. The van der Waals surface area contributed by atoms with Crippen LogP contribution in [0.5, 0.6) is 5.75 Å². The average Bonchev–Trinajstić information content (AvgIpc) is 1.96. The molecule has 0 unspecified atom stereocenters. The number of aromatic hydroxyl groups is 1. The molecule has 0 aliphatic heterocycles. The number of rotatable bonds is 1. The first kappa shape index (κ1) is 8.05. The molecule has 1 N–H and O–H groups in total. The third kappa shape index (κ3) is 1.50. The largest absolute Gasteiger partial charge is 0.508 e. The molecular formula is C9H11FO. The van der Waals surface area contributed by atoms with Gasteiger partial charge in [0.15, 0.2) is 0 Å². The Kier molecular flexibility index (Phi) is 2.13. The van der Waals surface area contributed by atoms with Crippen molar-refractivity contribution in [2.24, 2.45) is 0 Å². The van der Waals surface area contributed by atoms with E-state index in [0.29, 0.717) is 11.1 Å². The third-order valence-electron chi connectivity index (χ3n) is 1.78. The van der Waals surface area contributed by atoms with Gasteiger partial charge in [0.2, 0.25) is 0 Å². The zero-order chi connectivity index (χ0) is 8.43. The highest BCUT2D eigenvalue weighted by Gasteiger charge is 2.02. The summed E-state index contributed by atoms with van der Waals surface area (Å²) >= 11 is 0. The van der Waals surface area contributed by atoms with E-state index in [1.165, 1.54) is 0 Å². The SMILES string of the molecule is Cc1cc(O)c(C)c(CF)c1. The number of benzene rings is 1. The summed E-state index contributed by atoms with van der Waals surface area (Å²) in [6.45, 7) is 3.03. The number of phenols is 1. The van der Waals surface area contributed by atoms with Gasteiger partial charge in [-0.05, 0) is 36.6 Å². The van der Waals surface area contributed by atoms with Crippen LogP contribution in [0, 0.1) is 13.8 Å². The summed E-state index contributed by atoms with van der Waals surface area (Å²) in [7, 11) is 0. The molecular weight excluding hydrogens is 143 g/mol. The lowest BCUT2D eigenvalue weighted by atomic mass is 10.1. The van der Waals surface area contributed by atoms with Crippen LogP contribution in [0.3, 0.4) is 0 Å². The van der Waals surface area contributed by atoms with Crippen LogP contribution in [0.15, 0.2) is 12.1 Å². The van der Waals surface area contributed by atoms with Crippen molar-refractivity contribution in [1.82, 2.24) is 0 Å². The third-order valence-corrected chi connectivity index (χ3v) is 1.78. The molecule has 1 rings (SSSR count). The van der Waals surface area contributed by atoms with E-state index in [1.54, 1.807) is 19.1 Å². The molecule has 0 aliphatic rings. The van der Waals surface area contributed by atoms with Crippen molar-refractivity contribution in [3.63, 3.8) is 0 Å². The molecule has 0 aromatic heterocycles. The first-order valence-corrected chi connectivity index (χ1v) is 3.50. The van der Waals surface area contributed by atoms with E-state index in [1.807, 2.05) is 6.92 Å². The minimum Gasteiger partial charge on any atom is -0.508 e. The van der Waals surface area contributed by atoms with Gasteiger partial charge in [-0.1, -0.05) is 6.07 Å². The van der Waals surface area contributed by atoms with Crippen LogP contribution in [-0.4, -0.2) is 5.11 Å². The van der Waals surface area contributed by atoms with Gasteiger partial charge < -0.3 is 5.11 Å². The van der Waals surface area contributed by atoms with E-state index < -0.39 is 6.67 Å². The van der Waals surface area contributed by atoms with E-state index in [2.05, 4.69) is 0 Å². The van der Waals surface area contributed by atoms with Gasteiger partial charge in [0, 0.05) is 0 Å². The summed E-state index contributed by atoms with van der Waals surface area (Å²) in [6.07, 6.45) is 0. The number of hydrogen-bond donors (Lipinski definition) is 1. The number of halogens is 1. The maximum Gasteiger partial charge on any atom is 0.119 e. The molecule has 0 saturated heterocycles. The maximum atomic E-state index is 12.2. The molecule has 0 radical (unpaired) electrons. The molecule has 2 heteroatoms. The lowest BCUT2D eigenvalue weighted by Crippen LogP contribution is -1.87. The lowest BCUT2D eigenvalue weighted by Gasteiger charge is -2.04. The predicted molar refractivity (Wildman–Crippen MR) is 42.4 cm³/mol. The van der Waals surface area contributed by atoms with Crippen molar-refractivity contribution in [2.75, 3.05) is 0 Å². The molecule has 0 bridgehead atoms. The number of hydrogen-bond acceptors (Lipinski definition) is 1. The Hall–Kier alpha value is -1.05. The molecule has 0 saturated carbocycles. The summed E-state index contributed by atoms with van der Waals surface area (Å²) in [6, 6.07) is 3.38. The number of phenolic OH excluding ortho intramolecular Hbond substituents is 1. The van der Waals surface area contributed by atoms with Gasteiger partial charge >= 0.3 is 0 Å². The summed E-state index contributed by atoms with van der Waals surface area (Å²) in [5.41, 5.74) is 2.10. The number of alkyl halides is 1. The Balaban J connectivity index is 3.24. The molecule has 11 heavy (non-hydrogen) atoms. The van der Waals surface area contributed by atoms with Crippen LogP contribution in [0.1, 0.15) is 16.7 Å². The van der Waals surface area contributed by atoms with Crippen LogP contribution in [0.25, 0.3) is 0 Å². The quantitative estimate of drug-likeness (QED) is 0.658. The van der Waals surface area contributed by atoms with Crippen molar-refractivity contribution in [2.45, 2.75) is 20.5 Å². The summed E-state index contributed by atoms with van der Waals surface area (Å²) < 4.78 is 12.2. The van der Waals surface area contributed by atoms with E-state index in [-0.39, 0.29) is 5.75 Å². The second-order valence-corrected chi connectivity index (χ2v) is 2.70. The Bertz CT molecular complexity index is 269. The van der Waals surface area contributed by atoms with Crippen LogP contribution in [0.4, 0.5) is 4.39 Å². The zero-order valence-corrected chi connectivity index (χ0v) is 6.69. The highest BCUT2D eigenvalue weighted by Crippen LogP contribution is 2.22. The molecule has 0 fully saturated rings. The van der Waals surface area contributed by atoms with Gasteiger partial charge in [0.25, 0.3) is 0 Å². The molecule has 1 nitrogen and oxygen atoms in total. The van der Waals surface area contributed by atoms with Crippen molar-refractivity contribution in [1.29, 1.82) is 0 Å². The fourth-order valence-corrected chi connectivity index (χ4v) is 1.05. The minimum atomic E-state index is -0.513. The van der Waals surface area contributed by atoms with E-state index in [9.17, 15) is 9.50 Å². The van der Waals surface area contributed by atoms with Crippen LogP contribution >= 0.6 is 0 Å². The Morgan fingerprint density at radius 1 is 1.36 bits per heavy atom. The molecule has 0 heterocycles. The van der Waals surface area contributed by atoms with Crippen LogP contribution in [-0.2, 0) is 6.67 Å². The fraction of sp³-hybridized carbons (Fsp3) is 0.333. The van der Waals surface area contributed by atoms with Crippen molar-refractivity contribution < 1.29 is 9.50 Å². The van der Waals surface area contributed by atoms with Gasteiger partial charge in [0.05, 0.1) is 0 Å². The van der Waals surface area contributed by atoms with Gasteiger partial charge in [-0.15, -0.1) is 0 Å². The van der Waals surface area contributed by atoms with Gasteiger partial charge in [-0.2, -0.15) is 0 Å². The molecule has 0 amide bonds. The Morgan fingerprint density at radius 3 is 2.55 bits per heavy atom. The molecule has 0 spiro atoms. The van der Waals surface area contributed by atoms with Crippen molar-refractivity contribution >= 4 is 0 Å². The van der Waals surface area contributed by atoms with Gasteiger partial charge in [-0.3, -0.25) is 0 Å². The zero-order valence-electron chi connectivity index (χ0n) is 6.69. The standard InChI is InChI=1S/C9H11FO/c1-6-3-8(5-10)7(2)9(11)4-6/h3-4,11H,5H2,1-2H3. The number of aryl methyl sites for hydroxylation is 1.